The van der Waals surface area contributed by atoms with E-state index < -0.39 is 7.29 Å². The summed E-state index contributed by atoms with van der Waals surface area (Å²) in [5.41, 5.74) is 2.90. The highest BCUT2D eigenvalue weighted by Gasteiger charge is 2.27. The fourth-order valence-electron chi connectivity index (χ4n) is 3.16. The molecule has 0 amide bonds. The van der Waals surface area contributed by atoms with Gasteiger partial charge in [0.05, 0.1) is 7.11 Å². The predicted molar refractivity (Wildman–Crippen MR) is 124 cm³/mol. The van der Waals surface area contributed by atoms with Gasteiger partial charge in [0.1, 0.15) is 5.75 Å². The Labute approximate surface area is 173 Å². The number of benzene rings is 3. The van der Waals surface area contributed by atoms with Crippen molar-refractivity contribution in [2.75, 3.05) is 7.11 Å². The van der Waals surface area contributed by atoms with Crippen molar-refractivity contribution in [1.29, 1.82) is 0 Å². The molecule has 0 spiro atoms. The summed E-state index contributed by atoms with van der Waals surface area (Å²) in [4.78, 5) is 0. The molecule has 0 aliphatic rings. The smallest absolute Gasteiger partial charge is 0.247 e. The molecule has 0 unspecified atom stereocenters. The van der Waals surface area contributed by atoms with Crippen LogP contribution in [0.2, 0.25) is 0 Å². The average molecular weight is 403 g/mol. The lowest BCUT2D eigenvalue weighted by molar-refractivity contribution is 0.415. The normalized spacial score (nSPS) is 12.7. The molecule has 0 radical (unpaired) electrons. The second-order valence-electron chi connectivity index (χ2n) is 6.75. The van der Waals surface area contributed by atoms with Crippen LogP contribution in [-0.4, -0.2) is 12.8 Å². The van der Waals surface area contributed by atoms with Crippen LogP contribution < -0.4 is 15.3 Å². The summed E-state index contributed by atoms with van der Waals surface area (Å²) in [6.45, 7) is 4.07. The van der Waals surface area contributed by atoms with Crippen LogP contribution in [0.4, 0.5) is 0 Å². The van der Waals surface area contributed by atoms with Crippen molar-refractivity contribution in [3.63, 3.8) is 0 Å². The maximum Gasteiger partial charge on any atom is 0.247 e. The molecule has 4 heteroatoms. The first-order valence-corrected chi connectivity index (χ1v) is 11.4. The monoisotopic (exact) mass is 403 g/mol. The molecule has 3 rings (SSSR count). The molecule has 29 heavy (non-hydrogen) atoms. The summed E-state index contributed by atoms with van der Waals surface area (Å²) < 4.78 is 24.3. The molecule has 0 N–H and O–H groups in total. The number of rotatable bonds is 7. The summed E-state index contributed by atoms with van der Waals surface area (Å²) in [6, 6.07) is 26.9. The van der Waals surface area contributed by atoms with Crippen LogP contribution in [0, 0.1) is 0 Å². The molecule has 0 saturated carbocycles. The van der Waals surface area contributed by atoms with E-state index in [-0.39, 0.29) is 0 Å². The zero-order valence-corrected chi connectivity index (χ0v) is 18.0. The quantitative estimate of drug-likeness (QED) is 0.365. The van der Waals surface area contributed by atoms with Crippen LogP contribution in [0.1, 0.15) is 25.8 Å². The molecule has 0 aromatic heterocycles. The first-order valence-electron chi connectivity index (χ1n) is 9.70. The van der Waals surface area contributed by atoms with Gasteiger partial charge in [-0.3, -0.25) is 4.57 Å². The number of hydrogen-bond donors (Lipinski definition) is 0. The minimum absolute atomic E-state index is 0.697. The van der Waals surface area contributed by atoms with Gasteiger partial charge in [-0.15, -0.1) is 0 Å². The average Bonchev–Trinajstić information content (AvgIpc) is 2.79. The molecular weight excluding hydrogens is 377 g/mol. The fraction of sp³-hybridized carbons (Fsp3) is 0.160. The Morgan fingerprint density at radius 2 is 1.41 bits per heavy atom. The molecule has 0 saturated heterocycles. The van der Waals surface area contributed by atoms with E-state index in [9.17, 15) is 4.57 Å². The zero-order chi connectivity index (χ0) is 20.7. The second kappa shape index (κ2) is 9.54. The van der Waals surface area contributed by atoms with Crippen LogP contribution in [0.25, 0.3) is 6.08 Å². The molecular formula is C25H26NO2P. The minimum Gasteiger partial charge on any atom is -0.497 e. The molecule has 3 aromatic carbocycles. The molecule has 3 nitrogen and oxygen atoms in total. The molecule has 0 fully saturated rings. The van der Waals surface area contributed by atoms with Gasteiger partial charge in [-0.2, -0.15) is 0 Å². The van der Waals surface area contributed by atoms with E-state index in [1.807, 2.05) is 98.8 Å². The van der Waals surface area contributed by atoms with Crippen LogP contribution >= 0.6 is 7.29 Å². The predicted octanol–water partition coefficient (Wildman–Crippen LogP) is 5.88. The number of ether oxygens (including phenoxy) is 1. The highest BCUT2D eigenvalue weighted by atomic mass is 31.2. The second-order valence-corrected chi connectivity index (χ2v) is 9.13. The highest BCUT2D eigenvalue weighted by molar-refractivity contribution is 7.77. The van der Waals surface area contributed by atoms with Crippen molar-refractivity contribution in [3.8, 4) is 5.75 Å². The Morgan fingerprint density at radius 3 is 1.86 bits per heavy atom. The van der Waals surface area contributed by atoms with Gasteiger partial charge >= 0.3 is 0 Å². The van der Waals surface area contributed by atoms with E-state index >= 15 is 0 Å². The lowest BCUT2D eigenvalue weighted by atomic mass is 10.1. The lowest BCUT2D eigenvalue weighted by Gasteiger charge is -2.17. The third kappa shape index (κ3) is 4.93. The van der Waals surface area contributed by atoms with E-state index in [4.69, 9.17) is 9.50 Å². The third-order valence-electron chi connectivity index (χ3n) is 4.76. The maximum absolute atomic E-state index is 14.2. The number of nitrogens with zero attached hydrogens (tertiary/aromatic N) is 1. The van der Waals surface area contributed by atoms with Gasteiger partial charge in [-0.1, -0.05) is 61.5 Å². The highest BCUT2D eigenvalue weighted by Crippen LogP contribution is 2.45. The molecule has 0 aliphatic carbocycles. The zero-order valence-electron chi connectivity index (χ0n) is 17.1. The van der Waals surface area contributed by atoms with Crippen LogP contribution in [0.15, 0.2) is 95.3 Å². The fourth-order valence-corrected chi connectivity index (χ4v) is 5.48. The first kappa shape index (κ1) is 20.8. The number of methoxy groups -OCH3 is 1. The molecule has 0 heterocycles. The summed E-state index contributed by atoms with van der Waals surface area (Å²) in [7, 11) is -1.49. The Balaban J connectivity index is 2.07. The molecule has 0 bridgehead atoms. The van der Waals surface area contributed by atoms with Crippen molar-refractivity contribution >= 4 is 29.7 Å². The maximum atomic E-state index is 14.2. The Kier molecular flexibility index (Phi) is 6.85. The van der Waals surface area contributed by atoms with Gasteiger partial charge in [0.2, 0.25) is 7.29 Å². The molecule has 3 aromatic rings. The first-order chi connectivity index (χ1) is 14.1. The van der Waals surface area contributed by atoms with Crippen molar-refractivity contribution < 1.29 is 9.30 Å². The van der Waals surface area contributed by atoms with Crippen LogP contribution in [-0.2, 0) is 4.57 Å². The summed E-state index contributed by atoms with van der Waals surface area (Å²) in [5.74, 6) is 0.821. The van der Waals surface area contributed by atoms with Gasteiger partial charge < -0.3 is 4.74 Å². The number of allylic oxidation sites excluding steroid dienone is 1. The van der Waals surface area contributed by atoms with E-state index in [1.54, 1.807) is 7.11 Å². The van der Waals surface area contributed by atoms with Crippen molar-refractivity contribution in [2.24, 2.45) is 4.76 Å². The third-order valence-corrected chi connectivity index (χ3v) is 7.28. The van der Waals surface area contributed by atoms with Crippen LogP contribution in [0.5, 0.6) is 5.75 Å². The topological polar surface area (TPSA) is 38.7 Å². The van der Waals surface area contributed by atoms with Crippen molar-refractivity contribution in [1.82, 2.24) is 0 Å². The molecule has 0 atom stereocenters. The van der Waals surface area contributed by atoms with Crippen molar-refractivity contribution in [3.05, 3.63) is 96.1 Å². The van der Waals surface area contributed by atoms with Crippen LogP contribution in [0.3, 0.4) is 0 Å². The van der Waals surface area contributed by atoms with E-state index in [0.717, 1.165) is 33.2 Å². The van der Waals surface area contributed by atoms with E-state index in [1.165, 1.54) is 0 Å². The van der Waals surface area contributed by atoms with Gasteiger partial charge in [0, 0.05) is 16.3 Å². The number of hydrogen-bond acceptors (Lipinski definition) is 2. The SMILES string of the molecule is CCC(=N/P(=O)(c1ccccc1)c1ccccc1)/C(C)=C/c1ccc(OC)cc1. The Morgan fingerprint density at radius 1 is 0.897 bits per heavy atom. The molecule has 148 valence electrons. The Hall–Kier alpha value is -2.90. The van der Waals surface area contributed by atoms with E-state index in [2.05, 4.69) is 6.08 Å². The summed E-state index contributed by atoms with van der Waals surface area (Å²) in [6.07, 6.45) is 2.77. The Bertz CT molecular complexity index is 996. The van der Waals surface area contributed by atoms with Gasteiger partial charge in [-0.25, -0.2) is 4.76 Å². The lowest BCUT2D eigenvalue weighted by Crippen LogP contribution is -2.16. The van der Waals surface area contributed by atoms with Gasteiger partial charge in [0.15, 0.2) is 0 Å². The van der Waals surface area contributed by atoms with Gasteiger partial charge in [-0.05, 0) is 60.9 Å². The van der Waals surface area contributed by atoms with Gasteiger partial charge in [0.25, 0.3) is 0 Å². The largest absolute Gasteiger partial charge is 0.497 e. The van der Waals surface area contributed by atoms with Crippen molar-refractivity contribution in [2.45, 2.75) is 20.3 Å². The van der Waals surface area contributed by atoms with E-state index in [0.29, 0.717) is 6.42 Å². The standard InChI is InChI=1S/C25H26NO2P/c1-4-25(20(2)19-21-15-17-22(28-3)18-16-21)26-29(27,23-11-7-5-8-12-23)24-13-9-6-10-14-24/h5-19H,4H2,1-3H3/b20-19+,26-25-. The summed E-state index contributed by atoms with van der Waals surface area (Å²) in [5, 5.41) is 1.49. The molecule has 0 aliphatic heterocycles. The summed E-state index contributed by atoms with van der Waals surface area (Å²) >= 11 is 0. The minimum atomic E-state index is -3.14.